The van der Waals surface area contributed by atoms with Gasteiger partial charge in [0.25, 0.3) is 5.91 Å². The molecule has 1 amide bonds. The molecule has 162 valence electrons. The second kappa shape index (κ2) is 8.74. The van der Waals surface area contributed by atoms with Gasteiger partial charge < -0.3 is 10.6 Å². The minimum Gasteiger partial charge on any atom is -0.363 e. The Hall–Kier alpha value is -2.81. The van der Waals surface area contributed by atoms with Crippen molar-refractivity contribution in [1.29, 1.82) is 0 Å². The highest BCUT2D eigenvalue weighted by Crippen LogP contribution is 2.43. The molecule has 5 nitrogen and oxygen atoms in total. The van der Waals surface area contributed by atoms with Crippen LogP contribution in [0.5, 0.6) is 0 Å². The lowest BCUT2D eigenvalue weighted by molar-refractivity contribution is -0.173. The van der Waals surface area contributed by atoms with Crippen LogP contribution in [0.4, 0.5) is 19.0 Å². The predicted octanol–water partition coefficient (Wildman–Crippen LogP) is 5.28. The number of amides is 1. The molecule has 0 fully saturated rings. The molecule has 2 heterocycles. The molecule has 2 aromatic carbocycles. The summed E-state index contributed by atoms with van der Waals surface area (Å²) in [5.41, 5.74) is 1.75. The SMILES string of the molecule is O=C(NCCc1ccccc1)c1cc2n(n1)[C@H](C(F)(F)F)C[C@@H](c1ccc(Br)cc1)N2. The average molecular weight is 493 g/mol. The van der Waals surface area contributed by atoms with Crippen molar-refractivity contribution in [3.63, 3.8) is 0 Å². The zero-order valence-electron chi connectivity index (χ0n) is 16.4. The van der Waals surface area contributed by atoms with Gasteiger partial charge >= 0.3 is 6.18 Å². The lowest BCUT2D eigenvalue weighted by Gasteiger charge is -2.33. The summed E-state index contributed by atoms with van der Waals surface area (Å²) in [6, 6.07) is 15.8. The van der Waals surface area contributed by atoms with Crippen LogP contribution in [0, 0.1) is 0 Å². The van der Waals surface area contributed by atoms with Gasteiger partial charge in [0.15, 0.2) is 11.7 Å². The number of carbonyl (C=O) groups is 1. The van der Waals surface area contributed by atoms with E-state index in [1.54, 1.807) is 24.3 Å². The molecule has 31 heavy (non-hydrogen) atoms. The largest absolute Gasteiger partial charge is 0.410 e. The smallest absolute Gasteiger partial charge is 0.363 e. The Bertz CT molecular complexity index is 1050. The lowest BCUT2D eigenvalue weighted by atomic mass is 9.97. The zero-order valence-corrected chi connectivity index (χ0v) is 18.0. The quantitative estimate of drug-likeness (QED) is 0.509. The highest BCUT2D eigenvalue weighted by atomic mass is 79.9. The van der Waals surface area contributed by atoms with E-state index in [2.05, 4.69) is 31.7 Å². The van der Waals surface area contributed by atoms with E-state index in [0.717, 1.165) is 20.3 Å². The molecule has 2 N–H and O–H groups in total. The van der Waals surface area contributed by atoms with E-state index in [1.165, 1.54) is 6.07 Å². The Morgan fingerprint density at radius 1 is 1.16 bits per heavy atom. The van der Waals surface area contributed by atoms with Crippen molar-refractivity contribution in [2.75, 3.05) is 11.9 Å². The number of nitrogens with one attached hydrogen (secondary N) is 2. The summed E-state index contributed by atoms with van der Waals surface area (Å²) >= 11 is 3.33. The van der Waals surface area contributed by atoms with E-state index in [1.807, 2.05) is 30.3 Å². The van der Waals surface area contributed by atoms with Crippen molar-refractivity contribution in [3.05, 3.63) is 82.0 Å². The number of hydrogen-bond donors (Lipinski definition) is 2. The summed E-state index contributed by atoms with van der Waals surface area (Å²) in [6.45, 7) is 0.364. The minimum absolute atomic E-state index is 0.0405. The van der Waals surface area contributed by atoms with Crippen LogP contribution >= 0.6 is 15.9 Å². The Morgan fingerprint density at radius 3 is 2.55 bits per heavy atom. The maximum Gasteiger partial charge on any atom is 0.410 e. The Kier molecular flexibility index (Phi) is 6.04. The van der Waals surface area contributed by atoms with Crippen molar-refractivity contribution in [2.45, 2.75) is 31.1 Å². The minimum atomic E-state index is -4.49. The molecule has 0 spiro atoms. The van der Waals surface area contributed by atoms with Crippen LogP contribution in [0.1, 0.15) is 40.1 Å². The monoisotopic (exact) mass is 492 g/mol. The van der Waals surface area contributed by atoms with Gasteiger partial charge in [0.05, 0.1) is 6.04 Å². The Morgan fingerprint density at radius 2 is 1.87 bits per heavy atom. The van der Waals surface area contributed by atoms with E-state index in [-0.39, 0.29) is 17.9 Å². The fraction of sp³-hybridized carbons (Fsp3) is 0.273. The number of carbonyl (C=O) groups excluding carboxylic acids is 1. The third-order valence-electron chi connectivity index (χ3n) is 5.24. The van der Waals surface area contributed by atoms with Crippen LogP contribution in [0.3, 0.4) is 0 Å². The number of benzene rings is 2. The van der Waals surface area contributed by atoms with Gasteiger partial charge in [-0.2, -0.15) is 18.3 Å². The van der Waals surface area contributed by atoms with Gasteiger partial charge in [0.1, 0.15) is 5.82 Å². The number of hydrogen-bond acceptors (Lipinski definition) is 3. The summed E-state index contributed by atoms with van der Waals surface area (Å²) in [4.78, 5) is 12.5. The zero-order chi connectivity index (χ0) is 22.0. The van der Waals surface area contributed by atoms with Gasteiger partial charge in [-0.15, -0.1) is 0 Å². The molecule has 0 aliphatic carbocycles. The van der Waals surface area contributed by atoms with Gasteiger partial charge in [0.2, 0.25) is 0 Å². The van der Waals surface area contributed by atoms with Gasteiger partial charge in [0, 0.05) is 23.5 Å². The number of aromatic nitrogens is 2. The maximum atomic E-state index is 13.8. The van der Waals surface area contributed by atoms with Crippen LogP contribution in [0.15, 0.2) is 65.1 Å². The molecule has 1 aliphatic heterocycles. The molecule has 0 unspecified atom stereocenters. The van der Waals surface area contributed by atoms with Crippen molar-refractivity contribution >= 4 is 27.7 Å². The number of rotatable bonds is 5. The van der Waals surface area contributed by atoms with E-state index in [0.29, 0.717) is 13.0 Å². The van der Waals surface area contributed by atoms with E-state index < -0.39 is 24.2 Å². The fourth-order valence-electron chi connectivity index (χ4n) is 3.65. The van der Waals surface area contributed by atoms with E-state index in [4.69, 9.17) is 0 Å². The molecule has 0 saturated carbocycles. The highest BCUT2D eigenvalue weighted by Gasteiger charge is 2.46. The normalized spacial score (nSPS) is 18.2. The van der Waals surface area contributed by atoms with E-state index in [9.17, 15) is 18.0 Å². The third-order valence-corrected chi connectivity index (χ3v) is 5.77. The topological polar surface area (TPSA) is 59.0 Å². The van der Waals surface area contributed by atoms with Crippen LogP contribution in [-0.4, -0.2) is 28.4 Å². The van der Waals surface area contributed by atoms with Gasteiger partial charge in [-0.1, -0.05) is 58.4 Å². The Balaban J connectivity index is 1.52. The van der Waals surface area contributed by atoms with Crippen molar-refractivity contribution < 1.29 is 18.0 Å². The molecule has 3 aromatic rings. The summed E-state index contributed by atoms with van der Waals surface area (Å²) in [5.74, 6) is -0.324. The molecule has 0 saturated heterocycles. The van der Waals surface area contributed by atoms with Crippen LogP contribution in [0.2, 0.25) is 0 Å². The molecule has 1 aromatic heterocycles. The lowest BCUT2D eigenvalue weighted by Crippen LogP contribution is -2.35. The molecule has 0 bridgehead atoms. The summed E-state index contributed by atoms with van der Waals surface area (Å²) in [7, 11) is 0. The number of alkyl halides is 3. The first-order valence-electron chi connectivity index (χ1n) is 9.81. The van der Waals surface area contributed by atoms with Crippen molar-refractivity contribution in [2.24, 2.45) is 0 Å². The average Bonchev–Trinajstić information content (AvgIpc) is 3.18. The molecule has 1 aliphatic rings. The van der Waals surface area contributed by atoms with Gasteiger partial charge in [-0.25, -0.2) is 4.68 Å². The Labute approximate surface area is 185 Å². The molecule has 4 rings (SSSR count). The molecular formula is C22H20BrF3N4O. The van der Waals surface area contributed by atoms with Gasteiger partial charge in [-0.3, -0.25) is 4.79 Å². The molecular weight excluding hydrogens is 473 g/mol. The van der Waals surface area contributed by atoms with Crippen molar-refractivity contribution in [1.82, 2.24) is 15.1 Å². The summed E-state index contributed by atoms with van der Waals surface area (Å²) < 4.78 is 43.1. The third kappa shape index (κ3) is 4.92. The van der Waals surface area contributed by atoms with Crippen LogP contribution in [0.25, 0.3) is 0 Å². The maximum absolute atomic E-state index is 13.8. The predicted molar refractivity (Wildman–Crippen MR) is 115 cm³/mol. The number of nitrogens with zero attached hydrogens (tertiary/aromatic N) is 2. The standard InChI is InChI=1S/C22H20BrF3N4O/c23-16-8-6-15(7-9-16)17-12-19(22(24,25)26)30-20(28-17)13-18(29-30)21(31)27-11-10-14-4-2-1-3-5-14/h1-9,13,17,19,28H,10-12H2,(H,27,31)/t17-,19-/m0/s1. The fourth-order valence-corrected chi connectivity index (χ4v) is 3.92. The second-order valence-corrected chi connectivity index (χ2v) is 8.31. The summed E-state index contributed by atoms with van der Waals surface area (Å²) in [6.07, 6.45) is -4.08. The number of fused-ring (bicyclic) bond motifs is 1. The molecule has 0 radical (unpaired) electrons. The van der Waals surface area contributed by atoms with E-state index >= 15 is 0 Å². The van der Waals surface area contributed by atoms with Crippen LogP contribution < -0.4 is 10.6 Å². The molecule has 2 atom stereocenters. The number of anilines is 1. The number of halogens is 4. The first kappa shape index (κ1) is 21.4. The molecule has 9 heteroatoms. The highest BCUT2D eigenvalue weighted by molar-refractivity contribution is 9.10. The first-order chi connectivity index (χ1) is 14.8. The summed E-state index contributed by atoms with van der Waals surface area (Å²) in [5, 5.41) is 9.81. The van der Waals surface area contributed by atoms with Crippen LogP contribution in [-0.2, 0) is 6.42 Å². The second-order valence-electron chi connectivity index (χ2n) is 7.39. The van der Waals surface area contributed by atoms with Crippen molar-refractivity contribution in [3.8, 4) is 0 Å². The first-order valence-corrected chi connectivity index (χ1v) is 10.6. The van der Waals surface area contributed by atoms with Gasteiger partial charge in [-0.05, 0) is 29.7 Å².